The zero-order chi connectivity index (χ0) is 11.4. The predicted octanol–water partition coefficient (Wildman–Crippen LogP) is 0.554. The van der Waals surface area contributed by atoms with Crippen LogP contribution in [0.25, 0.3) is 0 Å². The maximum Gasteiger partial charge on any atom is 0.341 e. The molecule has 0 radical (unpaired) electrons. The fourth-order valence-electron chi connectivity index (χ4n) is 0.951. The molecule has 1 rings (SSSR count). The van der Waals surface area contributed by atoms with E-state index in [0.717, 1.165) is 0 Å². The lowest BCUT2D eigenvalue weighted by atomic mass is 10.2. The smallest absolute Gasteiger partial charge is 0.341 e. The van der Waals surface area contributed by atoms with Crippen LogP contribution < -0.4 is 4.74 Å². The first kappa shape index (κ1) is 10.8. The lowest BCUT2D eigenvalue weighted by molar-refractivity contribution is -0.139. The third-order valence-electron chi connectivity index (χ3n) is 1.58. The normalized spacial score (nSPS) is 9.60. The second-order valence-corrected chi connectivity index (χ2v) is 2.64. The first-order valence-electron chi connectivity index (χ1n) is 3.92. The predicted molar refractivity (Wildman–Crippen MR) is 48.2 cm³/mol. The SMILES string of the molecule is O=C(O)COc1cccc(C(=O)O)c1O. The number of carbonyl (C=O) groups is 2. The first-order valence-corrected chi connectivity index (χ1v) is 3.92. The topological polar surface area (TPSA) is 104 Å². The summed E-state index contributed by atoms with van der Waals surface area (Å²) in [5.74, 6) is -3.27. The van der Waals surface area contributed by atoms with Crippen LogP contribution in [0.2, 0.25) is 0 Å². The molecule has 80 valence electrons. The average molecular weight is 212 g/mol. The van der Waals surface area contributed by atoms with Crippen molar-refractivity contribution in [2.45, 2.75) is 0 Å². The number of carboxylic acid groups (broad SMARTS) is 2. The first-order chi connectivity index (χ1) is 7.02. The van der Waals surface area contributed by atoms with E-state index in [1.54, 1.807) is 0 Å². The number of phenols is 1. The van der Waals surface area contributed by atoms with Crippen LogP contribution in [0.4, 0.5) is 0 Å². The monoisotopic (exact) mass is 212 g/mol. The molecule has 0 heterocycles. The summed E-state index contributed by atoms with van der Waals surface area (Å²) in [6.45, 7) is -0.642. The van der Waals surface area contributed by atoms with Crippen molar-refractivity contribution in [2.75, 3.05) is 6.61 Å². The Hall–Kier alpha value is -2.24. The standard InChI is InChI=1S/C9H8O6/c10-7(11)4-15-6-3-1-2-5(8(6)12)9(13)14/h1-3,12H,4H2,(H,10,11)(H,13,14). The van der Waals surface area contributed by atoms with Gasteiger partial charge in [0, 0.05) is 0 Å². The van der Waals surface area contributed by atoms with Crippen LogP contribution in [0, 0.1) is 0 Å². The lowest BCUT2D eigenvalue weighted by Gasteiger charge is -2.06. The van der Waals surface area contributed by atoms with Gasteiger partial charge in [0.2, 0.25) is 0 Å². The Kier molecular flexibility index (Phi) is 3.12. The zero-order valence-electron chi connectivity index (χ0n) is 7.51. The van der Waals surface area contributed by atoms with Crippen molar-refractivity contribution in [1.29, 1.82) is 0 Å². The molecule has 0 amide bonds. The number of para-hydroxylation sites is 1. The molecule has 6 heteroatoms. The van der Waals surface area contributed by atoms with Gasteiger partial charge in [-0.2, -0.15) is 0 Å². The number of benzene rings is 1. The van der Waals surface area contributed by atoms with Gasteiger partial charge in [-0.25, -0.2) is 9.59 Å². The van der Waals surface area contributed by atoms with E-state index in [0.29, 0.717) is 0 Å². The molecule has 0 saturated heterocycles. The van der Waals surface area contributed by atoms with Crippen LogP contribution in [-0.2, 0) is 4.79 Å². The fraction of sp³-hybridized carbons (Fsp3) is 0.111. The van der Waals surface area contributed by atoms with Crippen LogP contribution in [0.1, 0.15) is 10.4 Å². The van der Waals surface area contributed by atoms with E-state index in [4.69, 9.17) is 10.2 Å². The van der Waals surface area contributed by atoms with Gasteiger partial charge in [-0.3, -0.25) is 0 Å². The van der Waals surface area contributed by atoms with Crippen molar-refractivity contribution >= 4 is 11.9 Å². The number of hydrogen-bond donors (Lipinski definition) is 3. The van der Waals surface area contributed by atoms with Crippen LogP contribution >= 0.6 is 0 Å². The molecule has 0 unspecified atom stereocenters. The summed E-state index contributed by atoms with van der Waals surface area (Å²) in [6, 6.07) is 3.82. The molecule has 0 bridgehead atoms. The Morgan fingerprint density at radius 2 is 1.93 bits per heavy atom. The minimum Gasteiger partial charge on any atom is -0.504 e. The van der Waals surface area contributed by atoms with Crippen LogP contribution in [0.3, 0.4) is 0 Å². The van der Waals surface area contributed by atoms with Crippen LogP contribution in [-0.4, -0.2) is 33.9 Å². The quantitative estimate of drug-likeness (QED) is 0.673. The van der Waals surface area contributed by atoms with E-state index in [1.165, 1.54) is 18.2 Å². The molecule has 0 aliphatic heterocycles. The molecule has 1 aromatic rings. The third-order valence-corrected chi connectivity index (χ3v) is 1.58. The van der Waals surface area contributed by atoms with Gasteiger partial charge < -0.3 is 20.1 Å². The van der Waals surface area contributed by atoms with E-state index in [9.17, 15) is 14.7 Å². The molecule has 0 aliphatic rings. The Labute approximate surface area is 84.3 Å². The van der Waals surface area contributed by atoms with Crippen molar-refractivity contribution in [1.82, 2.24) is 0 Å². The minimum atomic E-state index is -1.31. The summed E-state index contributed by atoms with van der Waals surface area (Å²) in [6.07, 6.45) is 0. The van der Waals surface area contributed by atoms with E-state index in [-0.39, 0.29) is 11.3 Å². The second-order valence-electron chi connectivity index (χ2n) is 2.64. The molecule has 0 spiro atoms. The summed E-state index contributed by atoms with van der Waals surface area (Å²) in [4.78, 5) is 20.8. The van der Waals surface area contributed by atoms with Crippen molar-refractivity contribution in [3.05, 3.63) is 23.8 Å². The molecule has 15 heavy (non-hydrogen) atoms. The number of aromatic hydroxyl groups is 1. The Balaban J connectivity index is 2.94. The number of aliphatic carboxylic acids is 1. The van der Waals surface area contributed by atoms with E-state index in [1.807, 2.05) is 0 Å². The van der Waals surface area contributed by atoms with Gasteiger partial charge in [0.1, 0.15) is 5.56 Å². The number of ether oxygens (including phenoxy) is 1. The van der Waals surface area contributed by atoms with Crippen molar-refractivity contribution in [2.24, 2.45) is 0 Å². The van der Waals surface area contributed by atoms with E-state index in [2.05, 4.69) is 4.74 Å². The molecule has 0 aromatic heterocycles. The number of carboxylic acids is 2. The average Bonchev–Trinajstić information content (AvgIpc) is 2.15. The van der Waals surface area contributed by atoms with Gasteiger partial charge in [-0.15, -0.1) is 0 Å². The largest absolute Gasteiger partial charge is 0.504 e. The highest BCUT2D eigenvalue weighted by Crippen LogP contribution is 2.29. The minimum absolute atomic E-state index is 0.169. The van der Waals surface area contributed by atoms with Crippen LogP contribution in [0.15, 0.2) is 18.2 Å². The molecule has 0 fully saturated rings. The summed E-state index contributed by atoms with van der Waals surface area (Å²) in [5, 5.41) is 26.3. The molecular formula is C9H8O6. The zero-order valence-corrected chi connectivity index (χ0v) is 7.51. The lowest BCUT2D eigenvalue weighted by Crippen LogP contribution is -2.10. The number of hydrogen-bond acceptors (Lipinski definition) is 4. The van der Waals surface area contributed by atoms with Gasteiger partial charge >= 0.3 is 11.9 Å². The van der Waals surface area contributed by atoms with Crippen molar-refractivity contribution in [3.63, 3.8) is 0 Å². The summed E-state index contributed by atoms with van der Waals surface area (Å²) in [7, 11) is 0. The summed E-state index contributed by atoms with van der Waals surface area (Å²) >= 11 is 0. The van der Waals surface area contributed by atoms with E-state index < -0.39 is 24.3 Å². The number of rotatable bonds is 4. The highest BCUT2D eigenvalue weighted by molar-refractivity contribution is 5.91. The third kappa shape index (κ3) is 2.60. The van der Waals surface area contributed by atoms with Crippen molar-refractivity contribution < 1.29 is 29.6 Å². The van der Waals surface area contributed by atoms with Crippen molar-refractivity contribution in [3.8, 4) is 11.5 Å². The van der Waals surface area contributed by atoms with Gasteiger partial charge in [-0.05, 0) is 12.1 Å². The van der Waals surface area contributed by atoms with Crippen LogP contribution in [0.5, 0.6) is 11.5 Å². The van der Waals surface area contributed by atoms with Gasteiger partial charge in [-0.1, -0.05) is 6.07 Å². The maximum atomic E-state index is 10.6. The molecule has 3 N–H and O–H groups in total. The molecule has 0 saturated carbocycles. The molecule has 6 nitrogen and oxygen atoms in total. The van der Waals surface area contributed by atoms with E-state index >= 15 is 0 Å². The maximum absolute atomic E-state index is 10.6. The molecule has 0 aliphatic carbocycles. The summed E-state index contributed by atoms with van der Waals surface area (Å²) < 4.78 is 4.68. The Morgan fingerprint density at radius 3 is 2.47 bits per heavy atom. The highest BCUT2D eigenvalue weighted by atomic mass is 16.5. The number of aromatic carboxylic acids is 1. The Bertz CT molecular complexity index is 398. The van der Waals surface area contributed by atoms with Gasteiger partial charge in [0.15, 0.2) is 18.1 Å². The molecular weight excluding hydrogens is 204 g/mol. The van der Waals surface area contributed by atoms with Gasteiger partial charge in [0.25, 0.3) is 0 Å². The van der Waals surface area contributed by atoms with Gasteiger partial charge in [0.05, 0.1) is 0 Å². The summed E-state index contributed by atoms with van der Waals surface area (Å²) in [5.41, 5.74) is -0.335. The highest BCUT2D eigenvalue weighted by Gasteiger charge is 2.14. The second kappa shape index (κ2) is 4.32. The fourth-order valence-corrected chi connectivity index (χ4v) is 0.951. The Morgan fingerprint density at radius 1 is 1.27 bits per heavy atom. The molecule has 0 atom stereocenters. The molecule has 1 aromatic carbocycles.